The third-order valence-corrected chi connectivity index (χ3v) is 15.5. The van der Waals surface area contributed by atoms with Gasteiger partial charge in [-0.25, -0.2) is 29.9 Å². The molecule has 6 heteroatoms. The Labute approximate surface area is 453 Å². The monoisotopic (exact) mass is 1000 g/mol. The second-order valence-electron chi connectivity index (χ2n) is 22.6. The first-order valence-corrected chi connectivity index (χ1v) is 26.9. The molecule has 0 atom stereocenters. The van der Waals surface area contributed by atoms with Gasteiger partial charge in [0.15, 0.2) is 34.9 Å². The van der Waals surface area contributed by atoms with Crippen LogP contribution in [0.2, 0.25) is 0 Å². The molecule has 0 saturated heterocycles. The first-order chi connectivity index (χ1) is 37.9. The molecule has 12 aromatic carbocycles. The lowest BCUT2D eigenvalue weighted by Crippen LogP contribution is -2.16. The molecule has 0 saturated carbocycles. The van der Waals surface area contributed by atoms with Gasteiger partial charge in [-0.15, -0.1) is 0 Å². The van der Waals surface area contributed by atoms with Crippen LogP contribution in [-0.2, 0) is 10.8 Å². The van der Waals surface area contributed by atoms with Crippen LogP contribution in [-0.4, -0.2) is 29.9 Å². The van der Waals surface area contributed by atoms with Crippen molar-refractivity contribution in [2.24, 2.45) is 0 Å². The number of nitrogens with zero attached hydrogens (tertiary/aromatic N) is 6. The molecule has 6 nitrogen and oxygen atoms in total. The zero-order valence-corrected chi connectivity index (χ0v) is 44.5. The molecule has 0 radical (unpaired) electrons. The van der Waals surface area contributed by atoms with E-state index in [1.807, 2.05) is 72.8 Å². The van der Waals surface area contributed by atoms with E-state index in [2.05, 4.69) is 187 Å². The molecular formula is C72H54N6. The Kier molecular flexibility index (Phi) is 10.9. The molecule has 0 amide bonds. The minimum atomic E-state index is -0.203. The Morgan fingerprint density at radius 1 is 0.218 bits per heavy atom. The highest BCUT2D eigenvalue weighted by atomic mass is 15.0. The molecule has 0 bridgehead atoms. The van der Waals surface area contributed by atoms with Crippen molar-refractivity contribution in [2.45, 2.75) is 52.4 Å². The quantitative estimate of drug-likeness (QED) is 0.111. The van der Waals surface area contributed by atoms with E-state index in [1.165, 1.54) is 76.1 Å². The van der Waals surface area contributed by atoms with Gasteiger partial charge < -0.3 is 0 Å². The first-order valence-electron chi connectivity index (χ1n) is 26.9. The van der Waals surface area contributed by atoms with Gasteiger partial charge in [0, 0.05) is 33.4 Å². The van der Waals surface area contributed by atoms with Gasteiger partial charge in [-0.3, -0.25) is 0 Å². The summed E-state index contributed by atoms with van der Waals surface area (Å²) in [5.41, 5.74) is 12.7. The molecule has 14 rings (SSSR count). The van der Waals surface area contributed by atoms with Crippen molar-refractivity contribution in [2.75, 3.05) is 0 Å². The lowest BCUT2D eigenvalue weighted by molar-refractivity contribution is 0.600. The summed E-state index contributed by atoms with van der Waals surface area (Å²) >= 11 is 0. The van der Waals surface area contributed by atoms with Crippen LogP contribution in [0.15, 0.2) is 218 Å². The van der Waals surface area contributed by atoms with E-state index in [4.69, 9.17) is 29.9 Å². The van der Waals surface area contributed by atoms with Crippen LogP contribution in [0.5, 0.6) is 0 Å². The van der Waals surface area contributed by atoms with Gasteiger partial charge in [0.1, 0.15) is 0 Å². The van der Waals surface area contributed by atoms with Gasteiger partial charge in [0.05, 0.1) is 0 Å². The molecule has 2 heterocycles. The van der Waals surface area contributed by atoms with Gasteiger partial charge in [0.2, 0.25) is 0 Å². The summed E-state index contributed by atoms with van der Waals surface area (Å²) in [6.45, 7) is 14.2. The fourth-order valence-electron chi connectivity index (χ4n) is 12.1. The molecule has 78 heavy (non-hydrogen) atoms. The zero-order chi connectivity index (χ0) is 52.9. The van der Waals surface area contributed by atoms with E-state index >= 15 is 0 Å². The number of hydrogen-bond donors (Lipinski definition) is 0. The Morgan fingerprint density at radius 3 is 0.731 bits per heavy atom. The molecule has 0 spiro atoms. The lowest BCUT2D eigenvalue weighted by atomic mass is 9.71. The van der Waals surface area contributed by atoms with Crippen molar-refractivity contribution in [1.29, 1.82) is 0 Å². The van der Waals surface area contributed by atoms with E-state index in [0.717, 1.165) is 44.5 Å². The third kappa shape index (κ3) is 7.86. The summed E-state index contributed by atoms with van der Waals surface area (Å²) in [7, 11) is 0. The van der Waals surface area contributed by atoms with Crippen LogP contribution in [0, 0.1) is 0 Å². The minimum Gasteiger partial charge on any atom is -0.208 e. The number of hydrogen-bond acceptors (Lipinski definition) is 6. The van der Waals surface area contributed by atoms with E-state index < -0.39 is 0 Å². The summed E-state index contributed by atoms with van der Waals surface area (Å²) in [4.78, 5) is 30.2. The highest BCUT2D eigenvalue weighted by Crippen LogP contribution is 2.54. The molecule has 0 aliphatic heterocycles. The Hall–Kier alpha value is -9.52. The van der Waals surface area contributed by atoms with E-state index in [1.54, 1.807) is 0 Å². The van der Waals surface area contributed by atoms with Crippen molar-refractivity contribution in [3.63, 3.8) is 0 Å². The Morgan fingerprint density at radius 2 is 0.462 bits per heavy atom. The highest BCUT2D eigenvalue weighted by molar-refractivity contribution is 6.41. The van der Waals surface area contributed by atoms with E-state index in [-0.39, 0.29) is 10.8 Å². The van der Waals surface area contributed by atoms with Crippen LogP contribution >= 0.6 is 0 Å². The van der Waals surface area contributed by atoms with E-state index in [0.29, 0.717) is 34.9 Å². The average molecular weight is 1000 g/mol. The first kappa shape index (κ1) is 47.0. The second kappa shape index (κ2) is 18.1. The summed E-state index contributed by atoms with van der Waals surface area (Å²) in [6, 6.07) is 77.2. The predicted octanol–water partition coefficient (Wildman–Crippen LogP) is 18.6. The SMILES string of the molecule is CC(C)(C)c1c2cccc3c(-c4ccc(-c5nc(-c6ccccc6)nc(-c6ccccc6)n5)cc4)cc4c(C(C)(C)C)c5cccc6c(-c7ccc(-c8nc(-c9ccccc9)nc(-c9ccccc9)n8)cc7)cc1c(c65)c4c32. The van der Waals surface area contributed by atoms with Crippen LogP contribution in [0.1, 0.15) is 52.7 Å². The fourth-order valence-corrected chi connectivity index (χ4v) is 12.1. The van der Waals surface area contributed by atoms with Crippen molar-refractivity contribution < 1.29 is 0 Å². The van der Waals surface area contributed by atoms with Crippen LogP contribution in [0.25, 0.3) is 144 Å². The van der Waals surface area contributed by atoms with E-state index in [9.17, 15) is 0 Å². The molecule has 0 aliphatic rings. The third-order valence-electron chi connectivity index (χ3n) is 15.5. The predicted molar refractivity (Wildman–Crippen MR) is 324 cm³/mol. The highest BCUT2D eigenvalue weighted by Gasteiger charge is 2.32. The molecule has 0 unspecified atom stereocenters. The number of aromatic nitrogens is 6. The van der Waals surface area contributed by atoms with Crippen LogP contribution < -0.4 is 0 Å². The average Bonchev–Trinajstić information content (AvgIpc) is 3.65. The summed E-state index contributed by atoms with van der Waals surface area (Å²) in [5, 5.41) is 13.0. The summed E-state index contributed by atoms with van der Waals surface area (Å²) < 4.78 is 0. The molecule has 2 aromatic heterocycles. The van der Waals surface area contributed by atoms with Gasteiger partial charge in [-0.1, -0.05) is 248 Å². The second-order valence-corrected chi connectivity index (χ2v) is 22.6. The summed E-state index contributed by atoms with van der Waals surface area (Å²) in [6.07, 6.45) is 0. The summed E-state index contributed by atoms with van der Waals surface area (Å²) in [5.74, 6) is 3.86. The molecule has 14 aromatic rings. The largest absolute Gasteiger partial charge is 0.208 e. The van der Waals surface area contributed by atoms with Gasteiger partial charge in [-0.05, 0) is 110 Å². The van der Waals surface area contributed by atoms with Crippen molar-refractivity contribution in [3.8, 4) is 90.6 Å². The molecule has 0 aliphatic carbocycles. The van der Waals surface area contributed by atoms with Crippen molar-refractivity contribution in [3.05, 3.63) is 230 Å². The van der Waals surface area contributed by atoms with Crippen molar-refractivity contribution >= 4 is 53.9 Å². The number of benzene rings is 12. The minimum absolute atomic E-state index is 0.203. The standard InChI is InChI=1S/C72H54N6/c1-71(2,3)63-53-31-19-29-51-56(44-35-39-50(40-36-44)70-77-67(47-25-15-9-16-26-47)74-68(78-70)48-27-17-10-18-28-48)42-58-62(59(51)53)61-57(63)41-55(52-30-20-32-54(60(52)61)64(58)72(4,5)6)43-33-37-49(38-34-43)69-75-65(45-21-11-7-12-22-45)73-66(76-69)46-23-13-8-14-24-46/h7-42H,1-6H3. The van der Waals surface area contributed by atoms with Gasteiger partial charge in [-0.2, -0.15) is 0 Å². The van der Waals surface area contributed by atoms with Gasteiger partial charge in [0.25, 0.3) is 0 Å². The van der Waals surface area contributed by atoms with Gasteiger partial charge >= 0.3 is 0 Å². The Balaban J connectivity index is 0.958. The van der Waals surface area contributed by atoms with Crippen LogP contribution in [0.4, 0.5) is 0 Å². The normalized spacial score (nSPS) is 12.2. The Bertz CT molecular complexity index is 4150. The topological polar surface area (TPSA) is 77.3 Å². The molecular weight excluding hydrogens is 949 g/mol. The number of rotatable bonds is 8. The fraction of sp³-hybridized carbons (Fsp3) is 0.111. The lowest BCUT2D eigenvalue weighted by Gasteiger charge is -2.32. The maximum atomic E-state index is 5.07. The molecule has 0 N–H and O–H groups in total. The maximum absolute atomic E-state index is 5.07. The molecule has 372 valence electrons. The maximum Gasteiger partial charge on any atom is 0.164 e. The molecule has 0 fully saturated rings. The smallest absolute Gasteiger partial charge is 0.164 e. The van der Waals surface area contributed by atoms with Crippen LogP contribution in [0.3, 0.4) is 0 Å². The zero-order valence-electron chi connectivity index (χ0n) is 44.5. The van der Waals surface area contributed by atoms with Crippen molar-refractivity contribution in [1.82, 2.24) is 29.9 Å².